The van der Waals surface area contributed by atoms with Crippen LogP contribution in [0.3, 0.4) is 0 Å². The number of aromatic amines is 1. The van der Waals surface area contributed by atoms with Crippen LogP contribution in [0.1, 0.15) is 42.4 Å². The van der Waals surface area contributed by atoms with Gasteiger partial charge in [-0.3, -0.25) is 4.79 Å². The minimum atomic E-state index is -0.0734. The first-order valence-electron chi connectivity index (χ1n) is 12.2. The van der Waals surface area contributed by atoms with E-state index in [-0.39, 0.29) is 5.56 Å². The molecule has 0 spiro atoms. The Morgan fingerprint density at radius 1 is 0.946 bits per heavy atom. The van der Waals surface area contributed by atoms with Crippen LogP contribution in [0.25, 0.3) is 28.3 Å². The van der Waals surface area contributed by atoms with Crippen molar-refractivity contribution in [2.75, 3.05) is 0 Å². The van der Waals surface area contributed by atoms with E-state index in [4.69, 9.17) is 4.98 Å². The largest absolute Gasteiger partial charge is 0.268 e. The van der Waals surface area contributed by atoms with Crippen LogP contribution in [0, 0.1) is 6.92 Å². The van der Waals surface area contributed by atoms with Crippen molar-refractivity contribution >= 4 is 15.9 Å². The molecule has 0 radical (unpaired) electrons. The zero-order chi connectivity index (χ0) is 25.8. The number of tetrazole rings is 1. The van der Waals surface area contributed by atoms with Crippen molar-refractivity contribution in [1.29, 1.82) is 0 Å². The molecule has 5 rings (SSSR count). The number of hydrogen-bond donors (Lipinski definition) is 1. The van der Waals surface area contributed by atoms with Crippen LogP contribution in [0.2, 0.25) is 0 Å². The zero-order valence-electron chi connectivity index (χ0n) is 20.6. The van der Waals surface area contributed by atoms with E-state index in [1.807, 2.05) is 49.4 Å². The SMILES string of the molecule is CCCCc1nc(C)n(-c2cccc(Br)n2)c(=O)c1Cc1ccc(-c2ccccc2-c2nn[nH]n2)cc1. The van der Waals surface area contributed by atoms with Crippen LogP contribution in [0.4, 0.5) is 0 Å². The number of hydrogen-bond acceptors (Lipinski definition) is 6. The highest BCUT2D eigenvalue weighted by atomic mass is 79.9. The van der Waals surface area contributed by atoms with Gasteiger partial charge in [0.05, 0.1) is 5.69 Å². The first-order valence-corrected chi connectivity index (χ1v) is 13.0. The number of pyridine rings is 1. The summed E-state index contributed by atoms with van der Waals surface area (Å²) in [6.07, 6.45) is 3.27. The van der Waals surface area contributed by atoms with E-state index in [0.717, 1.165) is 47.2 Å². The van der Waals surface area contributed by atoms with Crippen LogP contribution >= 0.6 is 15.9 Å². The Kier molecular flexibility index (Phi) is 7.32. The van der Waals surface area contributed by atoms with E-state index in [1.165, 1.54) is 0 Å². The summed E-state index contributed by atoms with van der Waals surface area (Å²) < 4.78 is 2.27. The van der Waals surface area contributed by atoms with Crippen molar-refractivity contribution in [2.24, 2.45) is 0 Å². The van der Waals surface area contributed by atoms with Crippen molar-refractivity contribution in [3.63, 3.8) is 0 Å². The summed E-state index contributed by atoms with van der Waals surface area (Å²) in [5, 5.41) is 14.5. The van der Waals surface area contributed by atoms with Gasteiger partial charge in [-0.05, 0) is 69.7 Å². The van der Waals surface area contributed by atoms with Crippen LogP contribution in [0.15, 0.2) is 76.1 Å². The molecule has 0 atom stereocenters. The summed E-state index contributed by atoms with van der Waals surface area (Å²) in [6.45, 7) is 4.00. The highest BCUT2D eigenvalue weighted by molar-refractivity contribution is 9.10. The first kappa shape index (κ1) is 24.7. The number of nitrogens with zero attached hydrogens (tertiary/aromatic N) is 6. The molecule has 37 heavy (non-hydrogen) atoms. The average Bonchev–Trinajstić information content (AvgIpc) is 3.45. The molecular formula is C28H26BrN7O. The third kappa shape index (κ3) is 5.27. The lowest BCUT2D eigenvalue weighted by Crippen LogP contribution is -2.29. The van der Waals surface area contributed by atoms with E-state index in [1.54, 1.807) is 4.57 Å². The summed E-state index contributed by atoms with van der Waals surface area (Å²) in [6, 6.07) is 21.8. The van der Waals surface area contributed by atoms with Crippen molar-refractivity contribution in [2.45, 2.75) is 39.5 Å². The van der Waals surface area contributed by atoms with Gasteiger partial charge in [-0.25, -0.2) is 14.5 Å². The van der Waals surface area contributed by atoms with E-state index >= 15 is 0 Å². The normalized spacial score (nSPS) is 11.1. The molecule has 0 aliphatic rings. The maximum Gasteiger partial charge on any atom is 0.263 e. The molecule has 0 bridgehead atoms. The zero-order valence-corrected chi connectivity index (χ0v) is 22.2. The summed E-state index contributed by atoms with van der Waals surface area (Å²) in [7, 11) is 0. The fourth-order valence-electron chi connectivity index (χ4n) is 4.45. The number of aryl methyl sites for hydroxylation is 2. The molecule has 8 nitrogen and oxygen atoms in total. The van der Waals surface area contributed by atoms with E-state index in [9.17, 15) is 4.79 Å². The average molecular weight is 556 g/mol. The number of rotatable bonds is 8. The second-order valence-electron chi connectivity index (χ2n) is 8.80. The Bertz CT molecular complexity index is 1580. The lowest BCUT2D eigenvalue weighted by Gasteiger charge is -2.15. The highest BCUT2D eigenvalue weighted by Gasteiger charge is 2.17. The Morgan fingerprint density at radius 3 is 2.43 bits per heavy atom. The van der Waals surface area contributed by atoms with Gasteiger partial charge in [0.25, 0.3) is 5.56 Å². The van der Waals surface area contributed by atoms with Crippen molar-refractivity contribution in [3.05, 3.63) is 104 Å². The quantitative estimate of drug-likeness (QED) is 0.254. The lowest BCUT2D eigenvalue weighted by atomic mass is 9.96. The molecule has 2 aromatic carbocycles. The Labute approximate surface area is 223 Å². The summed E-state index contributed by atoms with van der Waals surface area (Å²) in [5.74, 6) is 1.74. The summed E-state index contributed by atoms with van der Waals surface area (Å²) in [5.41, 5.74) is 5.49. The van der Waals surface area contributed by atoms with Gasteiger partial charge in [-0.1, -0.05) is 67.9 Å². The fourth-order valence-corrected chi connectivity index (χ4v) is 4.78. The molecule has 0 unspecified atom stereocenters. The van der Waals surface area contributed by atoms with Gasteiger partial charge in [0.2, 0.25) is 5.82 Å². The highest BCUT2D eigenvalue weighted by Crippen LogP contribution is 2.30. The molecule has 186 valence electrons. The maximum atomic E-state index is 13.8. The second-order valence-corrected chi connectivity index (χ2v) is 9.61. The van der Waals surface area contributed by atoms with Crippen molar-refractivity contribution in [3.8, 4) is 28.3 Å². The smallest absolute Gasteiger partial charge is 0.263 e. The molecule has 9 heteroatoms. The molecule has 0 aliphatic carbocycles. The molecule has 1 N–H and O–H groups in total. The number of halogens is 1. The lowest BCUT2D eigenvalue weighted by molar-refractivity contribution is 0.728. The van der Waals surface area contributed by atoms with Gasteiger partial charge in [-0.15, -0.1) is 10.2 Å². The minimum absolute atomic E-state index is 0.0734. The molecule has 0 saturated carbocycles. The van der Waals surface area contributed by atoms with E-state index < -0.39 is 0 Å². The van der Waals surface area contributed by atoms with Gasteiger partial charge >= 0.3 is 0 Å². The van der Waals surface area contributed by atoms with Gasteiger partial charge < -0.3 is 0 Å². The minimum Gasteiger partial charge on any atom is -0.268 e. The molecule has 0 aliphatic heterocycles. The molecule has 5 aromatic rings. The molecule has 0 fully saturated rings. The Balaban J connectivity index is 1.52. The van der Waals surface area contributed by atoms with Crippen LogP contribution in [-0.2, 0) is 12.8 Å². The van der Waals surface area contributed by atoms with E-state index in [2.05, 4.69) is 72.7 Å². The molecule has 3 heterocycles. The number of nitrogens with one attached hydrogen (secondary N) is 1. The van der Waals surface area contributed by atoms with Gasteiger partial charge in [0.15, 0.2) is 0 Å². The van der Waals surface area contributed by atoms with Crippen LogP contribution in [-0.4, -0.2) is 35.2 Å². The number of aromatic nitrogens is 7. The van der Waals surface area contributed by atoms with Gasteiger partial charge in [-0.2, -0.15) is 5.21 Å². The monoisotopic (exact) mass is 555 g/mol. The Morgan fingerprint density at radius 2 is 1.73 bits per heavy atom. The summed E-state index contributed by atoms with van der Waals surface area (Å²) >= 11 is 3.41. The van der Waals surface area contributed by atoms with Crippen LogP contribution in [0.5, 0.6) is 0 Å². The topological polar surface area (TPSA) is 102 Å². The molecule has 0 saturated heterocycles. The maximum absolute atomic E-state index is 13.8. The van der Waals surface area contributed by atoms with Crippen LogP contribution < -0.4 is 5.56 Å². The molecule has 0 amide bonds. The third-order valence-corrected chi connectivity index (χ3v) is 6.73. The number of unbranched alkanes of at least 4 members (excludes halogenated alkanes) is 1. The van der Waals surface area contributed by atoms with Gasteiger partial charge in [0.1, 0.15) is 16.2 Å². The van der Waals surface area contributed by atoms with Gasteiger partial charge in [0, 0.05) is 17.5 Å². The second kappa shape index (κ2) is 11.0. The first-order chi connectivity index (χ1) is 18.0. The molecule has 3 aromatic heterocycles. The van der Waals surface area contributed by atoms with Crippen molar-refractivity contribution < 1.29 is 0 Å². The number of benzene rings is 2. The van der Waals surface area contributed by atoms with Crippen molar-refractivity contribution in [1.82, 2.24) is 35.2 Å². The standard InChI is InChI=1S/C28H26BrN7O/c1-3-4-10-24-23(28(37)36(18(2)30-24)26-12-7-11-25(29)31-26)17-19-13-15-20(16-14-19)21-8-5-6-9-22(21)27-32-34-35-33-27/h5-9,11-16H,3-4,10,17H2,1-2H3,(H,32,33,34,35). The summed E-state index contributed by atoms with van der Waals surface area (Å²) in [4.78, 5) is 23.2. The molecular weight excluding hydrogens is 530 g/mol. The predicted octanol–water partition coefficient (Wildman–Crippen LogP) is 5.48. The fraction of sp³-hybridized carbons (Fsp3) is 0.214. The number of H-pyrrole nitrogens is 1. The van der Waals surface area contributed by atoms with E-state index in [0.29, 0.717) is 34.1 Å². The predicted molar refractivity (Wildman–Crippen MR) is 147 cm³/mol. The third-order valence-electron chi connectivity index (χ3n) is 6.29. The Hall–Kier alpha value is -3.98.